The van der Waals surface area contributed by atoms with Crippen molar-refractivity contribution in [1.29, 1.82) is 0 Å². The Hall–Kier alpha value is -0.610. The van der Waals surface area contributed by atoms with Gasteiger partial charge in [-0.2, -0.15) is 0 Å². The highest BCUT2D eigenvalue weighted by Crippen LogP contribution is 2.20. The van der Waals surface area contributed by atoms with Gasteiger partial charge in [0.25, 0.3) is 0 Å². The molecule has 0 aromatic heterocycles. The van der Waals surface area contributed by atoms with E-state index in [1.54, 1.807) is 6.07 Å². The molecule has 1 rings (SSSR count). The molecule has 0 fully saturated rings. The van der Waals surface area contributed by atoms with E-state index in [0.29, 0.717) is 29.4 Å². The molecular formula is C13H18BrFO2. The van der Waals surface area contributed by atoms with E-state index < -0.39 is 0 Å². The van der Waals surface area contributed by atoms with Crippen molar-refractivity contribution in [3.8, 4) is 5.75 Å². The molecular weight excluding hydrogens is 287 g/mol. The molecule has 0 saturated heterocycles. The number of ether oxygens (including phenoxy) is 2. The normalized spacial score (nSPS) is 10.9. The first kappa shape index (κ1) is 14.5. The highest BCUT2D eigenvalue weighted by Gasteiger charge is 2.00. The summed E-state index contributed by atoms with van der Waals surface area (Å²) in [6, 6.07) is 4.49. The third kappa shape index (κ3) is 6.64. The molecule has 4 heteroatoms. The van der Waals surface area contributed by atoms with Crippen molar-refractivity contribution in [2.24, 2.45) is 5.92 Å². The summed E-state index contributed by atoms with van der Waals surface area (Å²) in [5.74, 6) is 0.856. The monoisotopic (exact) mass is 304 g/mol. The Balaban J connectivity index is 2.18. The van der Waals surface area contributed by atoms with Crippen molar-refractivity contribution in [3.63, 3.8) is 0 Å². The Morgan fingerprint density at radius 3 is 2.59 bits per heavy atom. The van der Waals surface area contributed by atoms with E-state index in [4.69, 9.17) is 9.47 Å². The van der Waals surface area contributed by atoms with Crippen LogP contribution in [0.1, 0.15) is 20.3 Å². The zero-order valence-corrected chi connectivity index (χ0v) is 11.8. The molecule has 0 aliphatic rings. The molecule has 0 bridgehead atoms. The van der Waals surface area contributed by atoms with Crippen LogP contribution in [0.2, 0.25) is 0 Å². The standard InChI is InChI=1S/C13H18BrFO2/c1-10(2)3-4-16-5-6-17-13-8-11(14)7-12(15)9-13/h7-10H,3-6H2,1-2H3. The Kier molecular flexibility index (Phi) is 6.52. The van der Waals surface area contributed by atoms with Crippen LogP contribution in [-0.2, 0) is 4.74 Å². The summed E-state index contributed by atoms with van der Waals surface area (Å²) in [6.07, 6.45) is 1.05. The zero-order valence-electron chi connectivity index (χ0n) is 10.2. The van der Waals surface area contributed by atoms with Gasteiger partial charge in [0.2, 0.25) is 0 Å². The molecule has 0 saturated carbocycles. The first-order chi connectivity index (χ1) is 8.08. The molecule has 0 amide bonds. The SMILES string of the molecule is CC(C)CCOCCOc1cc(F)cc(Br)c1. The molecule has 0 heterocycles. The smallest absolute Gasteiger partial charge is 0.128 e. The molecule has 17 heavy (non-hydrogen) atoms. The minimum atomic E-state index is -0.310. The summed E-state index contributed by atoms with van der Waals surface area (Å²) >= 11 is 3.21. The van der Waals surface area contributed by atoms with E-state index in [-0.39, 0.29) is 5.82 Å². The zero-order chi connectivity index (χ0) is 12.7. The Bertz CT molecular complexity index is 322. The van der Waals surface area contributed by atoms with Gasteiger partial charge in [0, 0.05) is 17.1 Å². The van der Waals surface area contributed by atoms with Crippen LogP contribution >= 0.6 is 15.9 Å². The molecule has 0 aliphatic heterocycles. The molecule has 0 radical (unpaired) electrons. The Morgan fingerprint density at radius 2 is 1.94 bits per heavy atom. The van der Waals surface area contributed by atoms with Crippen molar-refractivity contribution in [3.05, 3.63) is 28.5 Å². The fourth-order valence-electron chi connectivity index (χ4n) is 1.25. The average Bonchev–Trinajstić information content (AvgIpc) is 2.21. The third-order valence-electron chi connectivity index (χ3n) is 2.17. The van der Waals surface area contributed by atoms with Gasteiger partial charge in [0.1, 0.15) is 18.2 Å². The largest absolute Gasteiger partial charge is 0.491 e. The van der Waals surface area contributed by atoms with Gasteiger partial charge in [-0.25, -0.2) is 4.39 Å². The van der Waals surface area contributed by atoms with Crippen molar-refractivity contribution >= 4 is 15.9 Å². The number of halogens is 2. The maximum atomic E-state index is 13.0. The van der Waals surface area contributed by atoms with Gasteiger partial charge in [-0.05, 0) is 24.5 Å². The van der Waals surface area contributed by atoms with Crippen LogP contribution in [0.25, 0.3) is 0 Å². The first-order valence-electron chi connectivity index (χ1n) is 5.74. The number of hydrogen-bond acceptors (Lipinski definition) is 2. The summed E-state index contributed by atoms with van der Waals surface area (Å²) in [5.41, 5.74) is 0. The minimum absolute atomic E-state index is 0.310. The molecule has 96 valence electrons. The van der Waals surface area contributed by atoms with Crippen molar-refractivity contribution in [2.45, 2.75) is 20.3 Å². The average molecular weight is 305 g/mol. The Morgan fingerprint density at radius 1 is 1.18 bits per heavy atom. The summed E-state index contributed by atoms with van der Waals surface area (Å²) in [6.45, 7) is 6.02. The quantitative estimate of drug-likeness (QED) is 0.708. The van der Waals surface area contributed by atoms with E-state index >= 15 is 0 Å². The van der Waals surface area contributed by atoms with E-state index in [9.17, 15) is 4.39 Å². The molecule has 2 nitrogen and oxygen atoms in total. The predicted molar refractivity (Wildman–Crippen MR) is 69.9 cm³/mol. The lowest BCUT2D eigenvalue weighted by Gasteiger charge is -2.08. The second kappa shape index (κ2) is 7.67. The number of hydrogen-bond donors (Lipinski definition) is 0. The van der Waals surface area contributed by atoms with E-state index in [2.05, 4.69) is 29.8 Å². The molecule has 0 atom stereocenters. The van der Waals surface area contributed by atoms with Crippen LogP contribution < -0.4 is 4.74 Å². The fourth-order valence-corrected chi connectivity index (χ4v) is 1.70. The fraction of sp³-hybridized carbons (Fsp3) is 0.538. The van der Waals surface area contributed by atoms with Gasteiger partial charge in [0.05, 0.1) is 6.61 Å². The summed E-state index contributed by atoms with van der Waals surface area (Å²) in [7, 11) is 0. The molecule has 0 N–H and O–H groups in total. The predicted octanol–water partition coefficient (Wildman–Crippen LogP) is 4.03. The van der Waals surface area contributed by atoms with Crippen LogP contribution in [0, 0.1) is 11.7 Å². The lowest BCUT2D eigenvalue weighted by molar-refractivity contribution is 0.0924. The number of rotatable bonds is 7. The highest BCUT2D eigenvalue weighted by atomic mass is 79.9. The third-order valence-corrected chi connectivity index (χ3v) is 2.63. The van der Waals surface area contributed by atoms with Gasteiger partial charge in [-0.15, -0.1) is 0 Å². The van der Waals surface area contributed by atoms with Gasteiger partial charge in [0.15, 0.2) is 0 Å². The van der Waals surface area contributed by atoms with E-state index in [1.807, 2.05) is 0 Å². The van der Waals surface area contributed by atoms with Crippen molar-refractivity contribution in [1.82, 2.24) is 0 Å². The van der Waals surface area contributed by atoms with Gasteiger partial charge in [-0.1, -0.05) is 29.8 Å². The van der Waals surface area contributed by atoms with Gasteiger partial charge >= 0.3 is 0 Å². The minimum Gasteiger partial charge on any atom is -0.491 e. The maximum absolute atomic E-state index is 13.0. The maximum Gasteiger partial charge on any atom is 0.128 e. The summed E-state index contributed by atoms with van der Waals surface area (Å²) in [4.78, 5) is 0. The van der Waals surface area contributed by atoms with Crippen molar-refractivity contribution < 1.29 is 13.9 Å². The van der Waals surface area contributed by atoms with Crippen molar-refractivity contribution in [2.75, 3.05) is 19.8 Å². The first-order valence-corrected chi connectivity index (χ1v) is 6.54. The van der Waals surface area contributed by atoms with Crippen LogP contribution in [0.15, 0.2) is 22.7 Å². The molecule has 0 aliphatic carbocycles. The molecule has 0 unspecified atom stereocenters. The highest BCUT2D eigenvalue weighted by molar-refractivity contribution is 9.10. The molecule has 1 aromatic carbocycles. The topological polar surface area (TPSA) is 18.5 Å². The lowest BCUT2D eigenvalue weighted by atomic mass is 10.1. The van der Waals surface area contributed by atoms with Crippen LogP contribution in [0.4, 0.5) is 4.39 Å². The summed E-state index contributed by atoms with van der Waals surface area (Å²) in [5, 5.41) is 0. The van der Waals surface area contributed by atoms with Crippen LogP contribution in [-0.4, -0.2) is 19.8 Å². The second-order valence-electron chi connectivity index (χ2n) is 4.25. The second-order valence-corrected chi connectivity index (χ2v) is 5.16. The molecule has 1 aromatic rings. The van der Waals surface area contributed by atoms with E-state index in [0.717, 1.165) is 13.0 Å². The Labute approximate surface area is 110 Å². The number of benzene rings is 1. The van der Waals surface area contributed by atoms with Crippen LogP contribution in [0.5, 0.6) is 5.75 Å². The molecule has 0 spiro atoms. The summed E-state index contributed by atoms with van der Waals surface area (Å²) < 4.78 is 24.5. The van der Waals surface area contributed by atoms with Gasteiger partial charge in [-0.3, -0.25) is 0 Å². The van der Waals surface area contributed by atoms with Crippen LogP contribution in [0.3, 0.4) is 0 Å². The van der Waals surface area contributed by atoms with Gasteiger partial charge < -0.3 is 9.47 Å². The van der Waals surface area contributed by atoms with E-state index in [1.165, 1.54) is 12.1 Å². The lowest BCUT2D eigenvalue weighted by Crippen LogP contribution is -2.08.